The van der Waals surface area contributed by atoms with Crippen molar-refractivity contribution in [2.24, 2.45) is 0 Å². The van der Waals surface area contributed by atoms with Crippen molar-refractivity contribution in [1.82, 2.24) is 0 Å². The summed E-state index contributed by atoms with van der Waals surface area (Å²) in [4.78, 5) is 1.30. The molecule has 0 aliphatic rings. The Morgan fingerprint density at radius 2 is 1.79 bits per heavy atom. The Hall–Kier alpha value is -0.930. The molecule has 2 aromatic carbocycles. The minimum Gasteiger partial charge on any atom is -0.378 e. The van der Waals surface area contributed by atoms with Gasteiger partial charge in [0.05, 0.1) is 0 Å². The van der Waals surface area contributed by atoms with Gasteiger partial charge < -0.3 is 5.32 Å². The average molecular weight is 336 g/mol. The molecule has 0 aliphatic heterocycles. The predicted octanol–water partition coefficient (Wildman–Crippen LogP) is 5.65. The van der Waals surface area contributed by atoms with Gasteiger partial charge in [-0.3, -0.25) is 0 Å². The molecule has 1 unspecified atom stereocenters. The van der Waals surface area contributed by atoms with Gasteiger partial charge in [-0.2, -0.15) is 0 Å². The average Bonchev–Trinajstić information content (AvgIpc) is 2.37. The van der Waals surface area contributed by atoms with Gasteiger partial charge in [0.15, 0.2) is 0 Å². The maximum Gasteiger partial charge on any atom is 0.0485 e. The lowest BCUT2D eigenvalue weighted by Crippen LogP contribution is -2.06. The molecule has 0 bridgehead atoms. The zero-order valence-corrected chi connectivity index (χ0v) is 13.8. The monoisotopic (exact) mass is 335 g/mol. The number of rotatable bonds is 4. The fourth-order valence-corrected chi connectivity index (χ4v) is 3.06. The van der Waals surface area contributed by atoms with E-state index in [0.29, 0.717) is 6.04 Å². The molecule has 3 heteroatoms. The van der Waals surface area contributed by atoms with Crippen LogP contribution in [0.2, 0.25) is 0 Å². The highest BCUT2D eigenvalue weighted by atomic mass is 79.9. The van der Waals surface area contributed by atoms with Crippen LogP contribution in [0, 0.1) is 6.92 Å². The SMILES string of the molecule is CSc1ccc(C(C)Nc2cc(C)cc(Br)c2)cc1. The van der Waals surface area contributed by atoms with Crippen molar-refractivity contribution in [2.45, 2.75) is 24.8 Å². The van der Waals surface area contributed by atoms with Crippen LogP contribution in [0.5, 0.6) is 0 Å². The largest absolute Gasteiger partial charge is 0.378 e. The predicted molar refractivity (Wildman–Crippen MR) is 89.1 cm³/mol. The molecule has 0 amide bonds. The number of hydrogen-bond acceptors (Lipinski definition) is 2. The van der Waals surface area contributed by atoms with Crippen molar-refractivity contribution in [2.75, 3.05) is 11.6 Å². The summed E-state index contributed by atoms with van der Waals surface area (Å²) in [6, 6.07) is 15.4. The summed E-state index contributed by atoms with van der Waals surface area (Å²) in [5.41, 5.74) is 3.70. The van der Waals surface area contributed by atoms with Crippen LogP contribution < -0.4 is 5.32 Å². The van der Waals surface area contributed by atoms with Crippen molar-refractivity contribution < 1.29 is 0 Å². The summed E-state index contributed by atoms with van der Waals surface area (Å²) in [6.45, 7) is 4.29. The lowest BCUT2D eigenvalue weighted by molar-refractivity contribution is 0.882. The van der Waals surface area contributed by atoms with Crippen molar-refractivity contribution in [3.8, 4) is 0 Å². The maximum absolute atomic E-state index is 3.54. The van der Waals surface area contributed by atoms with E-state index < -0.39 is 0 Å². The number of halogens is 1. The number of benzene rings is 2. The molecule has 0 heterocycles. The first-order chi connectivity index (χ1) is 9.08. The van der Waals surface area contributed by atoms with E-state index in [9.17, 15) is 0 Å². The van der Waals surface area contributed by atoms with Crippen LogP contribution in [-0.2, 0) is 0 Å². The third-order valence-electron chi connectivity index (χ3n) is 3.04. The standard InChI is InChI=1S/C16H18BrNS/c1-11-8-14(17)10-15(9-11)18-12(2)13-4-6-16(19-3)7-5-13/h4-10,12,18H,1-3H3. The third kappa shape index (κ3) is 4.02. The van der Waals surface area contributed by atoms with Crippen LogP contribution in [0.1, 0.15) is 24.1 Å². The van der Waals surface area contributed by atoms with Gasteiger partial charge in [-0.15, -0.1) is 11.8 Å². The fraction of sp³-hybridized carbons (Fsp3) is 0.250. The first-order valence-corrected chi connectivity index (χ1v) is 8.28. The van der Waals surface area contributed by atoms with E-state index in [4.69, 9.17) is 0 Å². The number of thioether (sulfide) groups is 1. The summed E-state index contributed by atoms with van der Waals surface area (Å²) in [7, 11) is 0. The number of aryl methyl sites for hydroxylation is 1. The Morgan fingerprint density at radius 3 is 2.37 bits per heavy atom. The molecular weight excluding hydrogens is 318 g/mol. The molecule has 0 saturated heterocycles. The molecule has 0 saturated carbocycles. The van der Waals surface area contributed by atoms with Crippen molar-refractivity contribution in [3.05, 3.63) is 58.1 Å². The quantitative estimate of drug-likeness (QED) is 0.724. The number of hydrogen-bond donors (Lipinski definition) is 1. The van der Waals surface area contributed by atoms with Gasteiger partial charge >= 0.3 is 0 Å². The maximum atomic E-state index is 3.54. The molecule has 0 aromatic heterocycles. The van der Waals surface area contributed by atoms with Crippen molar-refractivity contribution >= 4 is 33.4 Å². The van der Waals surface area contributed by atoms with Gasteiger partial charge in [0.2, 0.25) is 0 Å². The zero-order chi connectivity index (χ0) is 13.8. The van der Waals surface area contributed by atoms with Crippen molar-refractivity contribution in [3.63, 3.8) is 0 Å². The Kier molecular flexibility index (Phi) is 4.94. The third-order valence-corrected chi connectivity index (χ3v) is 4.24. The van der Waals surface area contributed by atoms with E-state index in [-0.39, 0.29) is 0 Å². The van der Waals surface area contributed by atoms with Gasteiger partial charge in [0, 0.05) is 21.1 Å². The lowest BCUT2D eigenvalue weighted by Gasteiger charge is -2.17. The van der Waals surface area contributed by atoms with Crippen LogP contribution in [0.4, 0.5) is 5.69 Å². The Bertz CT molecular complexity index is 531. The van der Waals surface area contributed by atoms with Crippen LogP contribution in [0.25, 0.3) is 0 Å². The lowest BCUT2D eigenvalue weighted by atomic mass is 10.1. The van der Waals surface area contributed by atoms with Crippen molar-refractivity contribution in [1.29, 1.82) is 0 Å². The van der Waals surface area contributed by atoms with Gasteiger partial charge in [-0.25, -0.2) is 0 Å². The second-order valence-electron chi connectivity index (χ2n) is 4.66. The molecule has 0 spiro atoms. The highest BCUT2D eigenvalue weighted by Gasteiger charge is 2.06. The van der Waals surface area contributed by atoms with Gasteiger partial charge in [-0.1, -0.05) is 28.1 Å². The summed E-state index contributed by atoms with van der Waals surface area (Å²) >= 11 is 5.31. The highest BCUT2D eigenvalue weighted by molar-refractivity contribution is 9.10. The molecule has 0 fully saturated rings. The molecule has 1 N–H and O–H groups in total. The van der Waals surface area contributed by atoms with Crippen LogP contribution >= 0.6 is 27.7 Å². The van der Waals surface area contributed by atoms with Crippen LogP contribution in [0.3, 0.4) is 0 Å². The molecule has 100 valence electrons. The van der Waals surface area contributed by atoms with Gasteiger partial charge in [-0.05, 0) is 61.6 Å². The number of anilines is 1. The second-order valence-corrected chi connectivity index (χ2v) is 6.45. The molecular formula is C16H18BrNS. The molecule has 1 nitrogen and oxygen atoms in total. The molecule has 0 radical (unpaired) electrons. The second kappa shape index (κ2) is 6.49. The van der Waals surface area contributed by atoms with E-state index >= 15 is 0 Å². The van der Waals surface area contributed by atoms with Gasteiger partial charge in [0.25, 0.3) is 0 Å². The molecule has 2 rings (SSSR count). The summed E-state index contributed by atoms with van der Waals surface area (Å²) in [5, 5.41) is 3.54. The van der Waals surface area contributed by atoms with E-state index in [1.165, 1.54) is 16.0 Å². The first-order valence-electron chi connectivity index (χ1n) is 6.26. The van der Waals surface area contributed by atoms with E-state index in [1.54, 1.807) is 11.8 Å². The summed E-state index contributed by atoms with van der Waals surface area (Å²) in [5.74, 6) is 0. The molecule has 19 heavy (non-hydrogen) atoms. The Morgan fingerprint density at radius 1 is 1.11 bits per heavy atom. The first kappa shape index (κ1) is 14.5. The molecule has 1 atom stereocenters. The molecule has 2 aromatic rings. The zero-order valence-electron chi connectivity index (χ0n) is 11.4. The number of nitrogens with one attached hydrogen (secondary N) is 1. The Balaban J connectivity index is 2.13. The minimum atomic E-state index is 0.296. The van der Waals surface area contributed by atoms with E-state index in [1.807, 2.05) is 0 Å². The molecule has 0 aliphatic carbocycles. The fourth-order valence-electron chi connectivity index (χ4n) is 2.05. The van der Waals surface area contributed by atoms with E-state index in [0.717, 1.165) is 10.2 Å². The smallest absolute Gasteiger partial charge is 0.0485 e. The summed E-state index contributed by atoms with van der Waals surface area (Å²) in [6.07, 6.45) is 2.10. The highest BCUT2D eigenvalue weighted by Crippen LogP contribution is 2.25. The Labute approximate surface area is 127 Å². The van der Waals surface area contributed by atoms with Crippen LogP contribution in [-0.4, -0.2) is 6.26 Å². The summed E-state index contributed by atoms with van der Waals surface area (Å²) < 4.78 is 1.11. The van der Waals surface area contributed by atoms with Gasteiger partial charge in [0.1, 0.15) is 0 Å². The normalized spacial score (nSPS) is 12.2. The van der Waals surface area contributed by atoms with Crippen LogP contribution in [0.15, 0.2) is 51.8 Å². The minimum absolute atomic E-state index is 0.296. The topological polar surface area (TPSA) is 12.0 Å². The van der Waals surface area contributed by atoms with E-state index in [2.05, 4.69) is 83.8 Å².